The van der Waals surface area contributed by atoms with Crippen molar-refractivity contribution in [1.29, 1.82) is 0 Å². The van der Waals surface area contributed by atoms with Crippen molar-refractivity contribution in [1.82, 2.24) is 9.97 Å². The second-order valence-electron chi connectivity index (χ2n) is 15.2. The summed E-state index contributed by atoms with van der Waals surface area (Å²) in [6.07, 6.45) is 16.4. The Bertz CT molecular complexity index is 3030. The predicted molar refractivity (Wildman–Crippen MR) is 275 cm³/mol. The van der Waals surface area contributed by atoms with E-state index in [1.54, 1.807) is 85.3 Å². The molecule has 8 rings (SSSR count). The van der Waals surface area contributed by atoms with Gasteiger partial charge in [0, 0.05) is 52.9 Å². The first-order valence-electron chi connectivity index (χ1n) is 21.5. The Morgan fingerprint density at radius 3 is 1.21 bits per heavy atom. The van der Waals surface area contributed by atoms with Crippen LogP contribution in [0.2, 0.25) is 0 Å². The number of amides is 3. The number of carbonyl (C=O) groups is 4. The number of pyridine rings is 2. The molecule has 0 radical (unpaired) electrons. The average molecular weight is 896 g/mol. The van der Waals surface area contributed by atoms with E-state index in [0.717, 1.165) is 50.3 Å². The normalized spacial score (nSPS) is 10.4. The number of rotatable bonds is 12. The summed E-state index contributed by atoms with van der Waals surface area (Å²) in [5.74, 6) is -1.66. The van der Waals surface area contributed by atoms with E-state index < -0.39 is 5.97 Å². The standard InChI is InChI=1S/C21H16N2O3.C21H18N2O.C16H15NO/c24-20(17-6-2-1-3-7-17)23-19-13-15(10-11-18(19)21(25)26)8-9-16-5-4-12-22-14-16;1-16-9-10-17(11-12-18-6-5-13-22-15-18)14-20(16)23-21(24)19-7-3-2-4-8-19;1-3-13-10-9-12(2)15(11-13)17-16(18)14-7-5-4-6-8-14/h1-14H,(H,23,24)(H,25,26);2-15H,1H3,(H,23,24);3-11H,1H2,2H3,(H,17,18)/b9-8+;12-11+;. The van der Waals surface area contributed by atoms with Crippen molar-refractivity contribution in [2.75, 3.05) is 16.0 Å². The van der Waals surface area contributed by atoms with Crippen LogP contribution in [0.3, 0.4) is 0 Å². The number of aryl methyl sites for hydroxylation is 2. The number of nitrogens with one attached hydrogen (secondary N) is 3. The molecule has 336 valence electrons. The molecule has 0 unspecified atom stereocenters. The topological polar surface area (TPSA) is 150 Å². The zero-order chi connectivity index (χ0) is 48.1. The van der Waals surface area contributed by atoms with E-state index in [9.17, 15) is 24.3 Å². The van der Waals surface area contributed by atoms with E-state index in [4.69, 9.17) is 0 Å². The second-order valence-corrected chi connectivity index (χ2v) is 15.2. The van der Waals surface area contributed by atoms with E-state index in [1.807, 2.05) is 147 Å². The molecular formula is C58H49N5O5. The van der Waals surface area contributed by atoms with Gasteiger partial charge in [0.2, 0.25) is 0 Å². The molecule has 0 aliphatic rings. The molecule has 0 fully saturated rings. The minimum atomic E-state index is -1.10. The van der Waals surface area contributed by atoms with Gasteiger partial charge < -0.3 is 21.1 Å². The Morgan fingerprint density at radius 1 is 0.441 bits per heavy atom. The maximum Gasteiger partial charge on any atom is 0.337 e. The fraction of sp³-hybridized carbons (Fsp3) is 0.0345. The zero-order valence-corrected chi connectivity index (χ0v) is 37.5. The highest BCUT2D eigenvalue weighted by atomic mass is 16.4. The minimum Gasteiger partial charge on any atom is -0.478 e. The van der Waals surface area contributed by atoms with Crippen molar-refractivity contribution in [3.05, 3.63) is 262 Å². The molecule has 0 atom stereocenters. The summed E-state index contributed by atoms with van der Waals surface area (Å²) in [5, 5.41) is 17.9. The molecule has 2 aromatic heterocycles. The van der Waals surface area contributed by atoms with E-state index in [2.05, 4.69) is 32.5 Å². The minimum absolute atomic E-state index is 0.0350. The number of aromatic carboxylic acids is 1. The van der Waals surface area contributed by atoms with Gasteiger partial charge in [0.15, 0.2) is 0 Å². The van der Waals surface area contributed by atoms with Crippen LogP contribution in [0, 0.1) is 13.8 Å². The second kappa shape index (κ2) is 24.7. The summed E-state index contributed by atoms with van der Waals surface area (Å²) >= 11 is 0. The third-order valence-corrected chi connectivity index (χ3v) is 10.2. The lowest BCUT2D eigenvalue weighted by atomic mass is 10.1. The number of hydrogen-bond acceptors (Lipinski definition) is 6. The highest BCUT2D eigenvalue weighted by Gasteiger charge is 2.14. The quantitative estimate of drug-likeness (QED) is 0.0953. The molecule has 0 saturated carbocycles. The number of hydrogen-bond donors (Lipinski definition) is 4. The maximum atomic E-state index is 12.3. The third-order valence-electron chi connectivity index (χ3n) is 10.2. The number of carbonyl (C=O) groups excluding carboxylic acids is 3. The molecular weight excluding hydrogens is 847 g/mol. The van der Waals surface area contributed by atoms with Gasteiger partial charge in [-0.1, -0.05) is 134 Å². The van der Waals surface area contributed by atoms with E-state index >= 15 is 0 Å². The van der Waals surface area contributed by atoms with Crippen molar-refractivity contribution < 1.29 is 24.3 Å². The van der Waals surface area contributed by atoms with Crippen LogP contribution in [0.4, 0.5) is 17.1 Å². The van der Waals surface area contributed by atoms with Gasteiger partial charge in [-0.05, 0) is 126 Å². The zero-order valence-electron chi connectivity index (χ0n) is 37.5. The molecule has 0 saturated heterocycles. The van der Waals surface area contributed by atoms with E-state index in [-0.39, 0.29) is 29.0 Å². The van der Waals surface area contributed by atoms with Crippen LogP contribution in [0.5, 0.6) is 0 Å². The molecule has 3 amide bonds. The summed E-state index contributed by atoms with van der Waals surface area (Å²) in [7, 11) is 0. The highest BCUT2D eigenvalue weighted by Crippen LogP contribution is 2.23. The lowest BCUT2D eigenvalue weighted by Crippen LogP contribution is -2.14. The molecule has 10 heteroatoms. The van der Waals surface area contributed by atoms with Crippen LogP contribution in [0.1, 0.15) is 80.4 Å². The van der Waals surface area contributed by atoms with Crippen LogP contribution in [-0.2, 0) is 0 Å². The van der Waals surface area contributed by atoms with Crippen LogP contribution in [0.25, 0.3) is 30.4 Å². The average Bonchev–Trinajstić information content (AvgIpc) is 3.38. The van der Waals surface area contributed by atoms with Crippen LogP contribution >= 0.6 is 0 Å². The lowest BCUT2D eigenvalue weighted by molar-refractivity contribution is 0.0697. The van der Waals surface area contributed by atoms with Gasteiger partial charge >= 0.3 is 5.97 Å². The first-order chi connectivity index (χ1) is 33.1. The Kier molecular flexibility index (Phi) is 17.5. The van der Waals surface area contributed by atoms with Crippen molar-refractivity contribution in [2.45, 2.75) is 13.8 Å². The van der Waals surface area contributed by atoms with Crippen LogP contribution < -0.4 is 16.0 Å². The Labute approximate surface area is 396 Å². The Balaban J connectivity index is 0.000000171. The summed E-state index contributed by atoms with van der Waals surface area (Å²) in [4.78, 5) is 56.3. The highest BCUT2D eigenvalue weighted by molar-refractivity contribution is 6.08. The van der Waals surface area contributed by atoms with Gasteiger partial charge in [0.1, 0.15) is 0 Å². The summed E-state index contributed by atoms with van der Waals surface area (Å²) in [6.45, 7) is 7.67. The van der Waals surface area contributed by atoms with Crippen molar-refractivity contribution in [3.8, 4) is 0 Å². The van der Waals surface area contributed by atoms with Crippen LogP contribution in [-0.4, -0.2) is 38.8 Å². The summed E-state index contributed by atoms with van der Waals surface area (Å²) in [6, 6.07) is 51.3. The fourth-order valence-corrected chi connectivity index (χ4v) is 6.42. The predicted octanol–water partition coefficient (Wildman–Crippen LogP) is 12.9. The van der Waals surface area contributed by atoms with Crippen molar-refractivity contribution in [3.63, 3.8) is 0 Å². The Morgan fingerprint density at radius 2 is 0.809 bits per heavy atom. The molecule has 10 nitrogen and oxygen atoms in total. The van der Waals surface area contributed by atoms with Gasteiger partial charge in [-0.25, -0.2) is 4.79 Å². The molecule has 0 spiro atoms. The van der Waals surface area contributed by atoms with Gasteiger partial charge in [0.25, 0.3) is 17.7 Å². The SMILES string of the molecule is C=Cc1ccc(C)c(NC(=O)c2ccccc2)c1.Cc1ccc(/C=C/c2cccnc2)cc1NC(=O)c1ccccc1.O=C(Nc1cc(/C=C/c2cccnc2)ccc1C(=O)O)c1ccccc1. The van der Waals surface area contributed by atoms with Gasteiger partial charge in [-0.15, -0.1) is 0 Å². The lowest BCUT2D eigenvalue weighted by Gasteiger charge is -2.10. The largest absolute Gasteiger partial charge is 0.478 e. The smallest absolute Gasteiger partial charge is 0.337 e. The molecule has 0 aliphatic heterocycles. The molecule has 0 aliphatic carbocycles. The Hall–Kier alpha value is -9.28. The summed E-state index contributed by atoms with van der Waals surface area (Å²) in [5.41, 5.74) is 10.5. The number of carboxylic acids is 1. The van der Waals surface area contributed by atoms with Gasteiger partial charge in [-0.3, -0.25) is 24.4 Å². The van der Waals surface area contributed by atoms with E-state index in [1.165, 1.54) is 6.07 Å². The summed E-state index contributed by atoms with van der Waals surface area (Å²) < 4.78 is 0. The molecule has 68 heavy (non-hydrogen) atoms. The van der Waals surface area contributed by atoms with Crippen LogP contribution in [0.15, 0.2) is 201 Å². The van der Waals surface area contributed by atoms with Crippen molar-refractivity contribution >= 4 is 71.1 Å². The van der Waals surface area contributed by atoms with Crippen molar-refractivity contribution in [2.24, 2.45) is 0 Å². The van der Waals surface area contributed by atoms with E-state index in [0.29, 0.717) is 16.7 Å². The molecule has 0 bridgehead atoms. The number of nitrogens with zero attached hydrogens (tertiary/aromatic N) is 2. The van der Waals surface area contributed by atoms with Gasteiger partial charge in [-0.2, -0.15) is 0 Å². The molecule has 6 aromatic carbocycles. The number of anilines is 3. The number of aromatic nitrogens is 2. The molecule has 8 aromatic rings. The molecule has 4 N–H and O–H groups in total. The number of benzene rings is 6. The number of carboxylic acid groups (broad SMARTS) is 1. The van der Waals surface area contributed by atoms with Gasteiger partial charge in [0.05, 0.1) is 11.3 Å². The fourth-order valence-electron chi connectivity index (χ4n) is 6.42. The maximum absolute atomic E-state index is 12.3. The molecule has 2 heterocycles. The first-order valence-corrected chi connectivity index (χ1v) is 21.5. The monoisotopic (exact) mass is 895 g/mol. The third kappa shape index (κ3) is 14.6. The first kappa shape index (κ1) is 48.2.